The number of halogens is 1. The SMILES string of the molecule is CCCCNC(=O)c1cc(C)nc(Nc2ccc(Br)cc2C)n1. The van der Waals surface area contributed by atoms with Crippen molar-refractivity contribution in [2.75, 3.05) is 11.9 Å². The Balaban J connectivity index is 2.18. The summed E-state index contributed by atoms with van der Waals surface area (Å²) < 4.78 is 1.02. The highest BCUT2D eigenvalue weighted by atomic mass is 79.9. The number of unbranched alkanes of at least 4 members (excludes halogenated alkanes) is 1. The molecular formula is C17H21BrN4O. The fourth-order valence-corrected chi connectivity index (χ4v) is 2.57. The number of benzene rings is 1. The molecule has 0 unspecified atom stereocenters. The molecule has 0 aliphatic heterocycles. The summed E-state index contributed by atoms with van der Waals surface area (Å²) in [6.45, 7) is 6.60. The molecule has 0 bridgehead atoms. The van der Waals surface area contributed by atoms with Crippen molar-refractivity contribution in [2.45, 2.75) is 33.6 Å². The third-order valence-corrected chi connectivity index (χ3v) is 3.83. The summed E-state index contributed by atoms with van der Waals surface area (Å²) in [6.07, 6.45) is 2.00. The Kier molecular flexibility index (Phi) is 6.10. The van der Waals surface area contributed by atoms with Crippen LogP contribution < -0.4 is 10.6 Å². The molecule has 0 aliphatic carbocycles. The fourth-order valence-electron chi connectivity index (χ4n) is 2.10. The topological polar surface area (TPSA) is 66.9 Å². The maximum Gasteiger partial charge on any atom is 0.270 e. The number of hydrogen-bond donors (Lipinski definition) is 2. The summed E-state index contributed by atoms with van der Waals surface area (Å²) in [6, 6.07) is 7.60. The van der Waals surface area contributed by atoms with Gasteiger partial charge in [-0.2, -0.15) is 0 Å². The number of anilines is 2. The van der Waals surface area contributed by atoms with Gasteiger partial charge in [0.05, 0.1) is 0 Å². The molecule has 0 aliphatic rings. The normalized spacial score (nSPS) is 10.4. The molecule has 0 saturated carbocycles. The van der Waals surface area contributed by atoms with Gasteiger partial charge in [-0.05, 0) is 50.1 Å². The Morgan fingerprint density at radius 2 is 2.00 bits per heavy atom. The summed E-state index contributed by atoms with van der Waals surface area (Å²) in [5, 5.41) is 6.05. The van der Waals surface area contributed by atoms with Crippen molar-refractivity contribution in [3.8, 4) is 0 Å². The Morgan fingerprint density at radius 1 is 1.22 bits per heavy atom. The van der Waals surface area contributed by atoms with Crippen molar-refractivity contribution in [1.82, 2.24) is 15.3 Å². The second-order valence-corrected chi connectivity index (χ2v) is 6.33. The van der Waals surface area contributed by atoms with Crippen LogP contribution >= 0.6 is 15.9 Å². The number of aryl methyl sites for hydroxylation is 2. The average Bonchev–Trinajstić information content (AvgIpc) is 2.50. The minimum atomic E-state index is -0.167. The maximum atomic E-state index is 12.2. The standard InChI is InChI=1S/C17H21BrN4O/c1-4-5-8-19-16(23)15-10-12(3)20-17(22-15)21-14-7-6-13(18)9-11(14)2/h6-7,9-10H,4-5,8H2,1-3H3,(H,19,23)(H,20,21,22). The summed E-state index contributed by atoms with van der Waals surface area (Å²) in [4.78, 5) is 20.8. The van der Waals surface area contributed by atoms with E-state index in [2.05, 4.69) is 43.5 Å². The molecule has 0 saturated heterocycles. The highest BCUT2D eigenvalue weighted by Gasteiger charge is 2.11. The number of rotatable bonds is 6. The van der Waals surface area contributed by atoms with E-state index in [0.29, 0.717) is 18.2 Å². The molecule has 0 atom stereocenters. The van der Waals surface area contributed by atoms with Gasteiger partial charge >= 0.3 is 0 Å². The quantitative estimate of drug-likeness (QED) is 0.743. The zero-order valence-corrected chi connectivity index (χ0v) is 15.2. The second kappa shape index (κ2) is 8.06. The molecule has 0 radical (unpaired) electrons. The number of nitrogens with zero attached hydrogens (tertiary/aromatic N) is 2. The van der Waals surface area contributed by atoms with Crippen LogP contribution in [-0.2, 0) is 0 Å². The lowest BCUT2D eigenvalue weighted by atomic mass is 10.2. The Labute approximate surface area is 145 Å². The third-order valence-electron chi connectivity index (χ3n) is 3.34. The van der Waals surface area contributed by atoms with E-state index in [0.717, 1.165) is 34.3 Å². The Hall–Kier alpha value is -1.95. The van der Waals surface area contributed by atoms with Crippen LogP contribution in [-0.4, -0.2) is 22.4 Å². The third kappa shape index (κ3) is 5.03. The molecular weight excluding hydrogens is 356 g/mol. The molecule has 2 N–H and O–H groups in total. The van der Waals surface area contributed by atoms with Gasteiger partial charge in [-0.15, -0.1) is 0 Å². The van der Waals surface area contributed by atoms with E-state index in [9.17, 15) is 4.79 Å². The Bertz CT molecular complexity index is 703. The minimum absolute atomic E-state index is 0.167. The lowest BCUT2D eigenvalue weighted by Crippen LogP contribution is -2.25. The van der Waals surface area contributed by atoms with Crippen LogP contribution in [0.1, 0.15) is 41.5 Å². The highest BCUT2D eigenvalue weighted by molar-refractivity contribution is 9.10. The first-order valence-electron chi connectivity index (χ1n) is 7.66. The summed E-state index contributed by atoms with van der Waals surface area (Å²) >= 11 is 3.44. The van der Waals surface area contributed by atoms with Gasteiger partial charge in [0.25, 0.3) is 5.91 Å². The molecule has 2 rings (SSSR count). The van der Waals surface area contributed by atoms with E-state index >= 15 is 0 Å². The zero-order chi connectivity index (χ0) is 16.8. The van der Waals surface area contributed by atoms with Gasteiger partial charge in [0.1, 0.15) is 5.69 Å². The van der Waals surface area contributed by atoms with E-state index in [1.54, 1.807) is 6.07 Å². The monoisotopic (exact) mass is 376 g/mol. The molecule has 23 heavy (non-hydrogen) atoms. The summed E-state index contributed by atoms with van der Waals surface area (Å²) in [7, 11) is 0. The van der Waals surface area contributed by atoms with Crippen LogP contribution in [0.15, 0.2) is 28.7 Å². The first-order chi connectivity index (χ1) is 11.0. The van der Waals surface area contributed by atoms with E-state index in [1.165, 1.54) is 0 Å². The molecule has 5 nitrogen and oxygen atoms in total. The number of carbonyl (C=O) groups excluding carboxylic acids is 1. The Morgan fingerprint density at radius 3 is 2.70 bits per heavy atom. The second-order valence-electron chi connectivity index (χ2n) is 5.41. The first kappa shape index (κ1) is 17.4. The number of hydrogen-bond acceptors (Lipinski definition) is 4. The van der Waals surface area contributed by atoms with Crippen molar-refractivity contribution in [3.05, 3.63) is 45.7 Å². The molecule has 1 aromatic carbocycles. The van der Waals surface area contributed by atoms with Crippen molar-refractivity contribution >= 4 is 33.5 Å². The van der Waals surface area contributed by atoms with Crippen molar-refractivity contribution in [2.24, 2.45) is 0 Å². The van der Waals surface area contributed by atoms with Crippen LogP contribution in [0.3, 0.4) is 0 Å². The first-order valence-corrected chi connectivity index (χ1v) is 8.46. The smallest absolute Gasteiger partial charge is 0.270 e. The lowest BCUT2D eigenvalue weighted by Gasteiger charge is -2.11. The molecule has 122 valence electrons. The van der Waals surface area contributed by atoms with Crippen LogP contribution in [0.25, 0.3) is 0 Å². The molecule has 6 heteroatoms. The molecule has 1 aromatic heterocycles. The molecule has 1 heterocycles. The van der Waals surface area contributed by atoms with E-state index in [1.807, 2.05) is 32.0 Å². The van der Waals surface area contributed by atoms with Gasteiger partial charge in [0.2, 0.25) is 5.95 Å². The number of carbonyl (C=O) groups is 1. The number of amides is 1. The van der Waals surface area contributed by atoms with E-state index in [-0.39, 0.29) is 5.91 Å². The molecule has 0 fully saturated rings. The molecule has 0 spiro atoms. The zero-order valence-electron chi connectivity index (χ0n) is 13.6. The largest absolute Gasteiger partial charge is 0.351 e. The summed E-state index contributed by atoms with van der Waals surface area (Å²) in [5.74, 6) is 0.260. The molecule has 2 aromatic rings. The van der Waals surface area contributed by atoms with E-state index in [4.69, 9.17) is 0 Å². The fraction of sp³-hybridized carbons (Fsp3) is 0.353. The predicted octanol–water partition coefficient (Wildman–Crippen LogP) is 4.13. The maximum absolute atomic E-state index is 12.2. The van der Waals surface area contributed by atoms with Gasteiger partial charge in [0.15, 0.2) is 0 Å². The van der Waals surface area contributed by atoms with Crippen LogP contribution in [0.2, 0.25) is 0 Å². The highest BCUT2D eigenvalue weighted by Crippen LogP contribution is 2.22. The van der Waals surface area contributed by atoms with Crippen LogP contribution in [0.4, 0.5) is 11.6 Å². The number of aromatic nitrogens is 2. The van der Waals surface area contributed by atoms with Crippen LogP contribution in [0.5, 0.6) is 0 Å². The van der Waals surface area contributed by atoms with Gasteiger partial charge in [-0.1, -0.05) is 29.3 Å². The van der Waals surface area contributed by atoms with Gasteiger partial charge in [0, 0.05) is 22.4 Å². The van der Waals surface area contributed by atoms with E-state index < -0.39 is 0 Å². The lowest BCUT2D eigenvalue weighted by molar-refractivity contribution is 0.0948. The molecule has 1 amide bonds. The summed E-state index contributed by atoms with van der Waals surface area (Å²) in [5.41, 5.74) is 3.11. The number of nitrogens with one attached hydrogen (secondary N) is 2. The predicted molar refractivity (Wildman–Crippen MR) is 96.2 cm³/mol. The van der Waals surface area contributed by atoms with Crippen molar-refractivity contribution in [3.63, 3.8) is 0 Å². The van der Waals surface area contributed by atoms with Crippen LogP contribution in [0, 0.1) is 13.8 Å². The van der Waals surface area contributed by atoms with Crippen molar-refractivity contribution in [1.29, 1.82) is 0 Å². The average molecular weight is 377 g/mol. The minimum Gasteiger partial charge on any atom is -0.351 e. The van der Waals surface area contributed by atoms with Gasteiger partial charge in [-0.3, -0.25) is 4.79 Å². The van der Waals surface area contributed by atoms with Crippen molar-refractivity contribution < 1.29 is 4.79 Å². The van der Waals surface area contributed by atoms with Gasteiger partial charge in [-0.25, -0.2) is 9.97 Å². The van der Waals surface area contributed by atoms with Gasteiger partial charge < -0.3 is 10.6 Å².